The quantitative estimate of drug-likeness (QED) is 0.846. The third-order valence-corrected chi connectivity index (χ3v) is 4.55. The summed E-state index contributed by atoms with van der Waals surface area (Å²) in [6, 6.07) is 8.86. The van der Waals surface area contributed by atoms with Crippen molar-refractivity contribution in [2.45, 2.75) is 40.0 Å². The molecule has 0 saturated carbocycles. The number of benzene rings is 1. The molecule has 1 atom stereocenters. The van der Waals surface area contributed by atoms with Crippen LogP contribution in [0, 0.1) is 5.92 Å². The molecule has 0 bridgehead atoms. The fourth-order valence-corrected chi connectivity index (χ4v) is 2.74. The Hall–Kier alpha value is -1.51. The zero-order chi connectivity index (χ0) is 15.4. The minimum Gasteiger partial charge on any atom is -0.368 e. The van der Waals surface area contributed by atoms with E-state index in [4.69, 9.17) is 0 Å². The van der Waals surface area contributed by atoms with E-state index < -0.39 is 0 Å². The highest BCUT2D eigenvalue weighted by atomic mass is 16.2. The summed E-state index contributed by atoms with van der Waals surface area (Å²) in [5.41, 5.74) is 2.65. The Balaban J connectivity index is 1.93. The zero-order valence-corrected chi connectivity index (χ0v) is 13.8. The Kier molecular flexibility index (Phi) is 5.27. The van der Waals surface area contributed by atoms with Crippen LogP contribution in [0.15, 0.2) is 24.3 Å². The molecule has 0 radical (unpaired) electrons. The van der Waals surface area contributed by atoms with Gasteiger partial charge in [0.05, 0.1) is 0 Å². The highest BCUT2D eigenvalue weighted by Crippen LogP contribution is 2.21. The fraction of sp³-hybridized carbons (Fsp3) is 0.611. The molecule has 1 fully saturated rings. The molecule has 116 valence electrons. The van der Waals surface area contributed by atoms with Crippen molar-refractivity contribution in [1.82, 2.24) is 4.90 Å². The summed E-state index contributed by atoms with van der Waals surface area (Å²) < 4.78 is 0. The van der Waals surface area contributed by atoms with Gasteiger partial charge in [-0.05, 0) is 30.0 Å². The summed E-state index contributed by atoms with van der Waals surface area (Å²) in [6.07, 6.45) is 0.926. The van der Waals surface area contributed by atoms with E-state index in [9.17, 15) is 4.79 Å². The van der Waals surface area contributed by atoms with Crippen LogP contribution in [0.5, 0.6) is 0 Å². The predicted molar refractivity (Wildman–Crippen MR) is 88.8 cm³/mol. The Morgan fingerprint density at radius 1 is 1.05 bits per heavy atom. The molecule has 1 heterocycles. The molecule has 1 saturated heterocycles. The van der Waals surface area contributed by atoms with Crippen molar-refractivity contribution in [2.24, 2.45) is 5.92 Å². The zero-order valence-electron chi connectivity index (χ0n) is 13.8. The second-order valence-corrected chi connectivity index (χ2v) is 6.37. The number of hydrogen-bond acceptors (Lipinski definition) is 2. The molecule has 0 N–H and O–H groups in total. The second-order valence-electron chi connectivity index (χ2n) is 6.37. The standard InChI is InChI=1S/C18H28N2O/c1-5-15(4)18(21)20-12-10-19(11-13-20)17-8-6-16(7-9-17)14(2)3/h6-9,14-15H,5,10-13H2,1-4H3. The Labute approximate surface area is 128 Å². The number of nitrogens with zero attached hydrogens (tertiary/aromatic N) is 2. The van der Waals surface area contributed by atoms with E-state index in [0.717, 1.165) is 32.6 Å². The van der Waals surface area contributed by atoms with Crippen LogP contribution >= 0.6 is 0 Å². The van der Waals surface area contributed by atoms with Crippen molar-refractivity contribution in [3.63, 3.8) is 0 Å². The average Bonchev–Trinajstić information content (AvgIpc) is 2.53. The van der Waals surface area contributed by atoms with Crippen LogP contribution in [0.3, 0.4) is 0 Å². The number of anilines is 1. The molecular weight excluding hydrogens is 260 g/mol. The molecule has 1 amide bonds. The largest absolute Gasteiger partial charge is 0.368 e. The van der Waals surface area contributed by atoms with Crippen LogP contribution in [0.1, 0.15) is 45.6 Å². The number of carbonyl (C=O) groups excluding carboxylic acids is 1. The van der Waals surface area contributed by atoms with Gasteiger partial charge in [0.1, 0.15) is 0 Å². The van der Waals surface area contributed by atoms with Crippen molar-refractivity contribution in [1.29, 1.82) is 0 Å². The van der Waals surface area contributed by atoms with Crippen LogP contribution in [-0.4, -0.2) is 37.0 Å². The van der Waals surface area contributed by atoms with E-state index in [2.05, 4.69) is 49.9 Å². The van der Waals surface area contributed by atoms with Gasteiger partial charge in [0.15, 0.2) is 0 Å². The van der Waals surface area contributed by atoms with E-state index in [1.54, 1.807) is 0 Å². The Morgan fingerprint density at radius 3 is 2.10 bits per heavy atom. The first kappa shape index (κ1) is 15.9. The minimum atomic E-state index is 0.155. The number of piperazine rings is 1. The van der Waals surface area contributed by atoms with Crippen molar-refractivity contribution in [3.05, 3.63) is 29.8 Å². The first-order chi connectivity index (χ1) is 10.0. The SMILES string of the molecule is CCC(C)C(=O)N1CCN(c2ccc(C(C)C)cc2)CC1. The molecule has 0 aliphatic carbocycles. The van der Waals surface area contributed by atoms with Crippen LogP contribution < -0.4 is 4.90 Å². The molecule has 1 aromatic rings. The van der Waals surface area contributed by atoms with Gasteiger partial charge in [0, 0.05) is 37.8 Å². The predicted octanol–water partition coefficient (Wildman–Crippen LogP) is 3.50. The van der Waals surface area contributed by atoms with Crippen molar-refractivity contribution in [3.8, 4) is 0 Å². The summed E-state index contributed by atoms with van der Waals surface area (Å²) in [4.78, 5) is 16.6. The van der Waals surface area contributed by atoms with Crippen LogP contribution in [0.2, 0.25) is 0 Å². The lowest BCUT2D eigenvalue weighted by atomic mass is 10.0. The van der Waals surface area contributed by atoms with Gasteiger partial charge in [-0.3, -0.25) is 4.79 Å². The van der Waals surface area contributed by atoms with Gasteiger partial charge in [0.25, 0.3) is 0 Å². The molecule has 3 heteroatoms. The number of amides is 1. The molecule has 21 heavy (non-hydrogen) atoms. The summed E-state index contributed by atoms with van der Waals surface area (Å²) in [7, 11) is 0. The Morgan fingerprint density at radius 2 is 1.62 bits per heavy atom. The maximum absolute atomic E-state index is 12.2. The van der Waals surface area contributed by atoms with Gasteiger partial charge < -0.3 is 9.80 Å². The van der Waals surface area contributed by atoms with Crippen LogP contribution in [0.25, 0.3) is 0 Å². The van der Waals surface area contributed by atoms with Crippen molar-refractivity contribution in [2.75, 3.05) is 31.1 Å². The van der Waals surface area contributed by atoms with E-state index >= 15 is 0 Å². The molecule has 0 aromatic heterocycles. The average molecular weight is 288 g/mol. The third kappa shape index (κ3) is 3.78. The molecule has 2 rings (SSSR count). The normalized spacial score (nSPS) is 17.2. The van der Waals surface area contributed by atoms with Crippen molar-refractivity contribution >= 4 is 11.6 Å². The third-order valence-electron chi connectivity index (χ3n) is 4.55. The van der Waals surface area contributed by atoms with Gasteiger partial charge in [0.2, 0.25) is 5.91 Å². The summed E-state index contributed by atoms with van der Waals surface area (Å²) in [5.74, 6) is 1.04. The minimum absolute atomic E-state index is 0.155. The monoisotopic (exact) mass is 288 g/mol. The summed E-state index contributed by atoms with van der Waals surface area (Å²) >= 11 is 0. The smallest absolute Gasteiger partial charge is 0.225 e. The summed E-state index contributed by atoms with van der Waals surface area (Å²) in [6.45, 7) is 12.1. The van der Waals surface area contributed by atoms with E-state index in [-0.39, 0.29) is 5.92 Å². The van der Waals surface area contributed by atoms with E-state index in [1.807, 2.05) is 11.8 Å². The Bertz CT molecular complexity index is 459. The van der Waals surface area contributed by atoms with Gasteiger partial charge in [-0.2, -0.15) is 0 Å². The van der Waals surface area contributed by atoms with Crippen LogP contribution in [-0.2, 0) is 4.79 Å². The lowest BCUT2D eigenvalue weighted by Gasteiger charge is -2.37. The topological polar surface area (TPSA) is 23.6 Å². The molecular formula is C18H28N2O. The van der Waals surface area contributed by atoms with Crippen LogP contribution in [0.4, 0.5) is 5.69 Å². The van der Waals surface area contributed by atoms with Gasteiger partial charge in [-0.1, -0.05) is 39.8 Å². The van der Waals surface area contributed by atoms with Gasteiger partial charge in [-0.15, -0.1) is 0 Å². The number of carbonyl (C=O) groups is 1. The lowest BCUT2D eigenvalue weighted by molar-refractivity contribution is -0.135. The first-order valence-corrected chi connectivity index (χ1v) is 8.16. The fourth-order valence-electron chi connectivity index (χ4n) is 2.74. The molecule has 1 aliphatic heterocycles. The second kappa shape index (κ2) is 6.97. The first-order valence-electron chi connectivity index (χ1n) is 8.16. The number of rotatable bonds is 4. The van der Waals surface area contributed by atoms with E-state index in [0.29, 0.717) is 11.8 Å². The summed E-state index contributed by atoms with van der Waals surface area (Å²) in [5, 5.41) is 0. The van der Waals surface area contributed by atoms with Crippen molar-refractivity contribution < 1.29 is 4.79 Å². The van der Waals surface area contributed by atoms with Gasteiger partial charge >= 0.3 is 0 Å². The molecule has 1 aliphatic rings. The molecule has 1 unspecified atom stereocenters. The maximum Gasteiger partial charge on any atom is 0.225 e. The molecule has 0 spiro atoms. The molecule has 3 nitrogen and oxygen atoms in total. The number of hydrogen-bond donors (Lipinski definition) is 0. The highest BCUT2D eigenvalue weighted by Gasteiger charge is 2.24. The highest BCUT2D eigenvalue weighted by molar-refractivity contribution is 5.78. The molecule has 1 aromatic carbocycles. The van der Waals surface area contributed by atoms with E-state index in [1.165, 1.54) is 11.3 Å². The van der Waals surface area contributed by atoms with Gasteiger partial charge in [-0.25, -0.2) is 0 Å². The lowest BCUT2D eigenvalue weighted by Crippen LogP contribution is -2.50. The maximum atomic E-state index is 12.2.